The van der Waals surface area contributed by atoms with Crippen LogP contribution in [0.25, 0.3) is 0 Å². The molecule has 2 heterocycles. The van der Waals surface area contributed by atoms with Crippen LogP contribution in [0.3, 0.4) is 0 Å². The quantitative estimate of drug-likeness (QED) is 0.888. The summed E-state index contributed by atoms with van der Waals surface area (Å²) in [5, 5.41) is 3.16. The van der Waals surface area contributed by atoms with E-state index in [9.17, 15) is 4.39 Å². The molecule has 1 fully saturated rings. The van der Waals surface area contributed by atoms with E-state index in [0.717, 1.165) is 32.4 Å². The topological polar surface area (TPSA) is 41.0 Å². The summed E-state index contributed by atoms with van der Waals surface area (Å²) < 4.78 is 14.1. The monoisotopic (exact) mass is 252 g/mol. The summed E-state index contributed by atoms with van der Waals surface area (Å²) in [6.07, 6.45) is 5.93. The van der Waals surface area contributed by atoms with Crippen molar-refractivity contribution in [3.05, 3.63) is 17.8 Å². The van der Waals surface area contributed by atoms with Crippen LogP contribution in [0, 0.1) is 12.7 Å². The molecule has 100 valence electrons. The molecular formula is C13H21FN4. The Morgan fingerprint density at radius 1 is 1.44 bits per heavy atom. The molecule has 0 amide bonds. The molecule has 0 spiro atoms. The highest BCUT2D eigenvalue weighted by Gasteiger charge is 2.26. The summed E-state index contributed by atoms with van der Waals surface area (Å²) in [6, 6.07) is 0.384. The second kappa shape index (κ2) is 6.09. The maximum atomic E-state index is 14.1. The van der Waals surface area contributed by atoms with Gasteiger partial charge in [-0.1, -0.05) is 0 Å². The van der Waals surface area contributed by atoms with Crippen molar-refractivity contribution in [1.82, 2.24) is 15.3 Å². The predicted molar refractivity (Wildman–Crippen MR) is 70.3 cm³/mol. The van der Waals surface area contributed by atoms with Crippen molar-refractivity contribution in [2.45, 2.75) is 38.6 Å². The third kappa shape index (κ3) is 2.77. The van der Waals surface area contributed by atoms with Gasteiger partial charge in [0.05, 0.1) is 5.69 Å². The highest BCUT2D eigenvalue weighted by Crippen LogP contribution is 2.27. The van der Waals surface area contributed by atoms with Gasteiger partial charge in [0.2, 0.25) is 0 Å². The van der Waals surface area contributed by atoms with Crippen molar-refractivity contribution in [2.24, 2.45) is 0 Å². The first-order chi connectivity index (χ1) is 8.74. The fourth-order valence-electron chi connectivity index (χ4n) is 2.54. The fourth-order valence-corrected chi connectivity index (χ4v) is 2.54. The highest BCUT2D eigenvalue weighted by molar-refractivity contribution is 5.42. The van der Waals surface area contributed by atoms with Crippen LogP contribution in [0.1, 0.15) is 31.4 Å². The van der Waals surface area contributed by atoms with E-state index < -0.39 is 0 Å². The Kier molecular flexibility index (Phi) is 4.47. The first kappa shape index (κ1) is 13.2. The number of hydrogen-bond acceptors (Lipinski definition) is 4. The van der Waals surface area contributed by atoms with Crippen LogP contribution in [0.5, 0.6) is 0 Å². The molecule has 5 heteroatoms. The van der Waals surface area contributed by atoms with E-state index in [1.165, 1.54) is 12.7 Å². The van der Waals surface area contributed by atoms with Gasteiger partial charge < -0.3 is 10.2 Å². The van der Waals surface area contributed by atoms with E-state index in [-0.39, 0.29) is 5.82 Å². The molecule has 1 aromatic heterocycles. The number of nitrogens with one attached hydrogen (secondary N) is 1. The fraction of sp³-hybridized carbons (Fsp3) is 0.692. The largest absolute Gasteiger partial charge is 0.351 e. The summed E-state index contributed by atoms with van der Waals surface area (Å²) in [5.41, 5.74) is 0.429. The average Bonchev–Trinajstić information content (AvgIpc) is 2.40. The molecule has 0 bridgehead atoms. The maximum absolute atomic E-state index is 14.1. The zero-order chi connectivity index (χ0) is 13.0. The van der Waals surface area contributed by atoms with Crippen molar-refractivity contribution in [3.8, 4) is 0 Å². The van der Waals surface area contributed by atoms with Crippen LogP contribution in [0.15, 0.2) is 6.33 Å². The molecule has 1 aliphatic heterocycles. The lowest BCUT2D eigenvalue weighted by molar-refractivity contribution is 0.423. The zero-order valence-electron chi connectivity index (χ0n) is 11.1. The van der Waals surface area contributed by atoms with Gasteiger partial charge in [-0.25, -0.2) is 14.4 Å². The first-order valence-corrected chi connectivity index (χ1v) is 6.62. The van der Waals surface area contributed by atoms with Gasteiger partial charge in [-0.2, -0.15) is 0 Å². The van der Waals surface area contributed by atoms with Gasteiger partial charge in [-0.05, 0) is 46.2 Å². The Labute approximate surface area is 108 Å². The minimum Gasteiger partial charge on any atom is -0.351 e. The number of rotatable bonds is 4. The average molecular weight is 252 g/mol. The number of aromatic nitrogens is 2. The van der Waals surface area contributed by atoms with Gasteiger partial charge in [0.1, 0.15) is 6.33 Å². The molecule has 18 heavy (non-hydrogen) atoms. The molecule has 0 aromatic carbocycles. The van der Waals surface area contributed by atoms with Gasteiger partial charge >= 0.3 is 0 Å². The number of aryl methyl sites for hydroxylation is 1. The zero-order valence-corrected chi connectivity index (χ0v) is 11.1. The summed E-state index contributed by atoms with van der Waals surface area (Å²) in [7, 11) is 1.95. The summed E-state index contributed by atoms with van der Waals surface area (Å²) >= 11 is 0. The van der Waals surface area contributed by atoms with Gasteiger partial charge in [0.15, 0.2) is 11.6 Å². The Bertz CT molecular complexity index is 397. The third-order valence-corrected chi connectivity index (χ3v) is 3.57. The highest BCUT2D eigenvalue weighted by atomic mass is 19.1. The summed E-state index contributed by atoms with van der Waals surface area (Å²) in [6.45, 7) is 3.53. The Morgan fingerprint density at radius 3 is 3.06 bits per heavy atom. The molecule has 1 N–H and O–H groups in total. The van der Waals surface area contributed by atoms with Crippen LogP contribution in [-0.4, -0.2) is 36.1 Å². The molecule has 1 aliphatic rings. The lowest BCUT2D eigenvalue weighted by Crippen LogP contribution is -2.42. The Morgan fingerprint density at radius 2 is 2.28 bits per heavy atom. The van der Waals surface area contributed by atoms with E-state index >= 15 is 0 Å². The number of anilines is 1. The number of nitrogens with zero attached hydrogens (tertiary/aromatic N) is 3. The minimum absolute atomic E-state index is 0.270. The van der Waals surface area contributed by atoms with Crippen molar-refractivity contribution >= 4 is 5.82 Å². The van der Waals surface area contributed by atoms with Gasteiger partial charge in [-0.3, -0.25) is 0 Å². The predicted octanol–water partition coefficient (Wildman–Crippen LogP) is 1.89. The smallest absolute Gasteiger partial charge is 0.186 e. The summed E-state index contributed by atoms with van der Waals surface area (Å²) in [4.78, 5) is 10.2. The van der Waals surface area contributed by atoms with Gasteiger partial charge in [0.25, 0.3) is 0 Å². The number of piperidine rings is 1. The third-order valence-electron chi connectivity index (χ3n) is 3.57. The maximum Gasteiger partial charge on any atom is 0.186 e. The molecule has 0 aliphatic carbocycles. The Hall–Kier alpha value is -1.23. The SMILES string of the molecule is CNCCC1CCCCN1c1ncnc(C)c1F. The lowest BCUT2D eigenvalue weighted by Gasteiger charge is -2.37. The molecule has 0 radical (unpaired) electrons. The number of hydrogen-bond donors (Lipinski definition) is 1. The van der Waals surface area contributed by atoms with E-state index in [0.29, 0.717) is 17.6 Å². The van der Waals surface area contributed by atoms with Crippen LogP contribution in [-0.2, 0) is 0 Å². The molecule has 1 aromatic rings. The van der Waals surface area contributed by atoms with E-state index in [2.05, 4.69) is 20.2 Å². The number of halogens is 1. The molecule has 1 atom stereocenters. The van der Waals surface area contributed by atoms with Crippen molar-refractivity contribution < 1.29 is 4.39 Å². The molecule has 4 nitrogen and oxygen atoms in total. The molecular weight excluding hydrogens is 231 g/mol. The van der Waals surface area contributed by atoms with Crippen LogP contribution >= 0.6 is 0 Å². The van der Waals surface area contributed by atoms with Crippen LogP contribution < -0.4 is 10.2 Å². The van der Waals surface area contributed by atoms with E-state index in [4.69, 9.17) is 0 Å². The molecule has 0 saturated carbocycles. The normalized spacial score (nSPS) is 20.2. The van der Waals surface area contributed by atoms with Crippen LogP contribution in [0.2, 0.25) is 0 Å². The first-order valence-electron chi connectivity index (χ1n) is 6.62. The van der Waals surface area contributed by atoms with Crippen LogP contribution in [0.4, 0.5) is 10.2 Å². The van der Waals surface area contributed by atoms with Crippen molar-refractivity contribution in [3.63, 3.8) is 0 Å². The molecule has 1 unspecified atom stereocenters. The lowest BCUT2D eigenvalue weighted by atomic mass is 9.99. The minimum atomic E-state index is -0.270. The van der Waals surface area contributed by atoms with Crippen molar-refractivity contribution in [2.75, 3.05) is 25.0 Å². The van der Waals surface area contributed by atoms with Gasteiger partial charge in [-0.15, -0.1) is 0 Å². The second-order valence-corrected chi connectivity index (χ2v) is 4.83. The summed E-state index contributed by atoms with van der Waals surface area (Å²) in [5.74, 6) is 0.206. The molecule has 1 saturated heterocycles. The van der Waals surface area contributed by atoms with E-state index in [1.807, 2.05) is 7.05 Å². The van der Waals surface area contributed by atoms with E-state index in [1.54, 1.807) is 6.92 Å². The van der Waals surface area contributed by atoms with Gasteiger partial charge in [0, 0.05) is 12.6 Å². The second-order valence-electron chi connectivity index (χ2n) is 4.83. The Balaban J connectivity index is 2.19. The van der Waals surface area contributed by atoms with Crippen molar-refractivity contribution in [1.29, 1.82) is 0 Å². The molecule has 2 rings (SSSR count). The standard InChI is InChI=1S/C13H21FN4/c1-10-12(14)13(17-9-16-10)18-8-4-3-5-11(18)6-7-15-2/h9,11,15H,3-8H2,1-2H3.